The zero-order valence-electron chi connectivity index (χ0n) is 13.2. The van der Waals surface area contributed by atoms with Gasteiger partial charge >= 0.3 is 0 Å². The Balaban J connectivity index is 1.64. The predicted molar refractivity (Wildman–Crippen MR) is 87.2 cm³/mol. The van der Waals surface area contributed by atoms with E-state index in [2.05, 4.69) is 4.98 Å². The molecule has 1 aromatic carbocycles. The van der Waals surface area contributed by atoms with Crippen LogP contribution in [-0.2, 0) is 6.61 Å². The summed E-state index contributed by atoms with van der Waals surface area (Å²) in [5.74, 6) is 0.497. The summed E-state index contributed by atoms with van der Waals surface area (Å²) in [5, 5.41) is 9.19. The average Bonchev–Trinajstić information content (AvgIpc) is 2.58. The Morgan fingerprint density at radius 2 is 2.04 bits per heavy atom. The molecule has 0 aliphatic carbocycles. The van der Waals surface area contributed by atoms with Gasteiger partial charge in [0, 0.05) is 37.7 Å². The van der Waals surface area contributed by atoms with E-state index >= 15 is 0 Å². The van der Waals surface area contributed by atoms with Crippen LogP contribution in [-0.4, -0.2) is 29.3 Å². The lowest BCUT2D eigenvalue weighted by Crippen LogP contribution is -2.38. The Labute approximate surface area is 135 Å². The fraction of sp³-hybridized carbons (Fsp3) is 0.389. The highest BCUT2D eigenvalue weighted by Gasteiger charge is 2.23. The maximum atomic E-state index is 14.3. The number of aliphatic hydroxyl groups is 1. The van der Waals surface area contributed by atoms with Crippen LogP contribution in [0.3, 0.4) is 0 Å². The second kappa shape index (κ2) is 6.96. The van der Waals surface area contributed by atoms with E-state index in [-0.39, 0.29) is 18.5 Å². The number of ether oxygens (including phenoxy) is 1. The van der Waals surface area contributed by atoms with Gasteiger partial charge in [0.25, 0.3) is 0 Å². The minimum atomic E-state index is -0.322. The summed E-state index contributed by atoms with van der Waals surface area (Å²) in [6, 6.07) is 8.96. The second-order valence-corrected chi connectivity index (χ2v) is 5.80. The molecule has 122 valence electrons. The third-order valence-corrected chi connectivity index (χ3v) is 4.26. The van der Waals surface area contributed by atoms with Crippen molar-refractivity contribution in [3.8, 4) is 5.75 Å². The first-order chi connectivity index (χ1) is 11.2. The van der Waals surface area contributed by atoms with E-state index in [0.717, 1.165) is 37.4 Å². The van der Waals surface area contributed by atoms with Gasteiger partial charge in [-0.3, -0.25) is 4.98 Å². The summed E-state index contributed by atoms with van der Waals surface area (Å²) in [4.78, 5) is 6.25. The van der Waals surface area contributed by atoms with Crippen LogP contribution < -0.4 is 9.64 Å². The van der Waals surface area contributed by atoms with E-state index in [4.69, 9.17) is 4.74 Å². The zero-order valence-corrected chi connectivity index (χ0v) is 13.2. The first-order valence-corrected chi connectivity index (χ1v) is 7.90. The van der Waals surface area contributed by atoms with Crippen molar-refractivity contribution in [2.75, 3.05) is 18.0 Å². The van der Waals surface area contributed by atoms with E-state index in [1.165, 1.54) is 0 Å². The highest BCUT2D eigenvalue weighted by atomic mass is 19.1. The minimum absolute atomic E-state index is 0.123. The number of halogens is 1. The molecule has 23 heavy (non-hydrogen) atoms. The van der Waals surface area contributed by atoms with Gasteiger partial charge in [-0.2, -0.15) is 0 Å². The standard InChI is InChI=1S/C18H21FN2O2/c1-13-17(6-3-9-20-13)23-15-7-10-21(11-8-15)16-5-2-4-14(12-22)18(16)19/h2-6,9,15,22H,7-8,10-12H2,1H3. The van der Waals surface area contributed by atoms with E-state index in [1.807, 2.05) is 24.0 Å². The van der Waals surface area contributed by atoms with Crippen molar-refractivity contribution < 1.29 is 14.2 Å². The van der Waals surface area contributed by atoms with E-state index in [0.29, 0.717) is 11.3 Å². The van der Waals surface area contributed by atoms with Crippen molar-refractivity contribution in [1.82, 2.24) is 4.98 Å². The smallest absolute Gasteiger partial charge is 0.151 e. The van der Waals surface area contributed by atoms with Gasteiger partial charge in [-0.25, -0.2) is 4.39 Å². The molecule has 4 nitrogen and oxygen atoms in total. The molecule has 1 aliphatic rings. The van der Waals surface area contributed by atoms with E-state index in [1.54, 1.807) is 24.4 Å². The van der Waals surface area contributed by atoms with Crippen LogP contribution in [0.5, 0.6) is 5.75 Å². The number of benzene rings is 1. The van der Waals surface area contributed by atoms with Gasteiger partial charge in [0.2, 0.25) is 0 Å². The fourth-order valence-electron chi connectivity index (χ4n) is 2.92. The van der Waals surface area contributed by atoms with Gasteiger partial charge in [-0.1, -0.05) is 12.1 Å². The Morgan fingerprint density at radius 1 is 1.26 bits per heavy atom. The number of nitrogens with zero attached hydrogens (tertiary/aromatic N) is 2. The van der Waals surface area contributed by atoms with E-state index < -0.39 is 0 Å². The molecule has 1 aliphatic heterocycles. The van der Waals surface area contributed by atoms with Crippen molar-refractivity contribution in [2.24, 2.45) is 0 Å². The van der Waals surface area contributed by atoms with E-state index in [9.17, 15) is 9.50 Å². The molecule has 1 N–H and O–H groups in total. The molecule has 3 rings (SSSR count). The van der Waals surface area contributed by atoms with Gasteiger partial charge in [0.05, 0.1) is 18.0 Å². The largest absolute Gasteiger partial charge is 0.488 e. The number of hydrogen-bond donors (Lipinski definition) is 1. The maximum Gasteiger partial charge on any atom is 0.151 e. The quantitative estimate of drug-likeness (QED) is 0.941. The van der Waals surface area contributed by atoms with Gasteiger partial charge in [-0.05, 0) is 25.1 Å². The van der Waals surface area contributed by atoms with Crippen molar-refractivity contribution in [1.29, 1.82) is 0 Å². The molecule has 1 saturated heterocycles. The topological polar surface area (TPSA) is 45.6 Å². The third-order valence-electron chi connectivity index (χ3n) is 4.26. The molecule has 0 unspecified atom stereocenters. The Kier molecular flexibility index (Phi) is 4.76. The Bertz CT molecular complexity index is 670. The Morgan fingerprint density at radius 3 is 2.74 bits per heavy atom. The summed E-state index contributed by atoms with van der Waals surface area (Å²) in [7, 11) is 0. The van der Waals surface area contributed by atoms with Gasteiger partial charge < -0.3 is 14.7 Å². The number of pyridine rings is 1. The molecule has 0 amide bonds. The predicted octanol–water partition coefficient (Wildman–Crippen LogP) is 3.07. The van der Waals surface area contributed by atoms with Crippen molar-refractivity contribution >= 4 is 5.69 Å². The molecule has 2 heterocycles. The van der Waals surface area contributed by atoms with Crippen LogP contribution in [0.15, 0.2) is 36.5 Å². The molecular weight excluding hydrogens is 295 g/mol. The number of hydrogen-bond acceptors (Lipinski definition) is 4. The number of aryl methyl sites for hydroxylation is 1. The van der Waals surface area contributed by atoms with Crippen molar-refractivity contribution in [3.05, 3.63) is 53.6 Å². The monoisotopic (exact) mass is 316 g/mol. The lowest BCUT2D eigenvalue weighted by atomic mass is 10.1. The maximum absolute atomic E-state index is 14.3. The van der Waals surface area contributed by atoms with Crippen LogP contribution >= 0.6 is 0 Å². The van der Waals surface area contributed by atoms with Crippen LogP contribution in [0.2, 0.25) is 0 Å². The molecule has 1 aromatic heterocycles. The molecular formula is C18H21FN2O2. The van der Waals surface area contributed by atoms with Gasteiger partial charge in [-0.15, -0.1) is 0 Å². The summed E-state index contributed by atoms with van der Waals surface area (Å²) in [6.45, 7) is 3.12. The summed E-state index contributed by atoms with van der Waals surface area (Å²) < 4.78 is 20.3. The summed E-state index contributed by atoms with van der Waals surface area (Å²) in [6.07, 6.45) is 3.54. The lowest BCUT2D eigenvalue weighted by molar-refractivity contribution is 0.169. The molecule has 0 saturated carbocycles. The second-order valence-electron chi connectivity index (χ2n) is 5.80. The number of aliphatic hydroxyl groups excluding tert-OH is 1. The molecule has 1 fully saturated rings. The van der Waals surface area contributed by atoms with Gasteiger partial charge in [0.15, 0.2) is 5.82 Å². The van der Waals surface area contributed by atoms with Crippen LogP contribution in [0, 0.1) is 12.7 Å². The zero-order chi connectivity index (χ0) is 16.2. The normalized spacial score (nSPS) is 15.7. The SMILES string of the molecule is Cc1ncccc1OC1CCN(c2cccc(CO)c2F)CC1. The lowest BCUT2D eigenvalue weighted by Gasteiger charge is -2.34. The molecule has 5 heteroatoms. The van der Waals surface area contributed by atoms with Crippen LogP contribution in [0.4, 0.5) is 10.1 Å². The Hall–Kier alpha value is -2.14. The van der Waals surface area contributed by atoms with Gasteiger partial charge in [0.1, 0.15) is 11.9 Å². The highest BCUT2D eigenvalue weighted by molar-refractivity contribution is 5.50. The third kappa shape index (κ3) is 3.45. The molecule has 0 atom stereocenters. The van der Waals surface area contributed by atoms with Crippen molar-refractivity contribution in [2.45, 2.75) is 32.5 Å². The summed E-state index contributed by atoms with van der Waals surface area (Å²) >= 11 is 0. The minimum Gasteiger partial charge on any atom is -0.488 e. The molecule has 2 aromatic rings. The first-order valence-electron chi connectivity index (χ1n) is 7.90. The highest BCUT2D eigenvalue weighted by Crippen LogP contribution is 2.27. The first kappa shape index (κ1) is 15.7. The summed E-state index contributed by atoms with van der Waals surface area (Å²) in [5.41, 5.74) is 1.79. The number of aromatic nitrogens is 1. The molecule has 0 radical (unpaired) electrons. The number of anilines is 1. The fourth-order valence-corrected chi connectivity index (χ4v) is 2.92. The van der Waals surface area contributed by atoms with Crippen molar-refractivity contribution in [3.63, 3.8) is 0 Å². The average molecular weight is 316 g/mol. The number of rotatable bonds is 4. The molecule has 0 spiro atoms. The van der Waals surface area contributed by atoms with Crippen LogP contribution in [0.1, 0.15) is 24.1 Å². The number of piperidine rings is 1. The van der Waals surface area contributed by atoms with Crippen LogP contribution in [0.25, 0.3) is 0 Å². The molecule has 0 bridgehead atoms.